The Balaban J connectivity index is 1.26. The summed E-state index contributed by atoms with van der Waals surface area (Å²) in [6, 6.07) is 20.5. The molecule has 1 fully saturated rings. The molecule has 42 heavy (non-hydrogen) atoms. The summed E-state index contributed by atoms with van der Waals surface area (Å²) in [5.74, 6) is 1.10. The van der Waals surface area contributed by atoms with Crippen molar-refractivity contribution in [3.63, 3.8) is 0 Å². The summed E-state index contributed by atoms with van der Waals surface area (Å²) in [5.41, 5.74) is 7.47. The van der Waals surface area contributed by atoms with E-state index in [1.54, 1.807) is 24.4 Å². The Morgan fingerprint density at radius 2 is 1.83 bits per heavy atom. The van der Waals surface area contributed by atoms with Crippen LogP contribution in [0.25, 0.3) is 0 Å². The van der Waals surface area contributed by atoms with Gasteiger partial charge in [0.05, 0.1) is 12.8 Å². The molecule has 0 aliphatic carbocycles. The topological polar surface area (TPSA) is 93.0 Å². The Morgan fingerprint density at radius 3 is 2.60 bits per heavy atom. The van der Waals surface area contributed by atoms with E-state index in [1.165, 1.54) is 0 Å². The maximum Gasteiger partial charge on any atom is 0.267 e. The van der Waals surface area contributed by atoms with Crippen molar-refractivity contribution in [3.8, 4) is 5.75 Å². The second-order valence-corrected chi connectivity index (χ2v) is 11.3. The number of hydrogen-bond donors (Lipinski definition) is 1. The summed E-state index contributed by atoms with van der Waals surface area (Å²) >= 11 is 0. The number of nitrogens with one attached hydrogen (secondary N) is 1. The predicted octanol–water partition coefficient (Wildman–Crippen LogP) is 4.93. The Bertz CT molecular complexity index is 1570. The van der Waals surface area contributed by atoms with Crippen LogP contribution in [0.5, 0.6) is 5.75 Å². The Hall–Kier alpha value is -4.30. The monoisotopic (exact) mass is 566 g/mol. The SMILES string of the molecule is CCOc1ccc(/C=N\NC(=O)C(CC(=O)c2ccccc2)=C(C)C)cc1CN1C[C@H]2C[C@@H](C1)c1cccc(=O)n1C2. The predicted molar refractivity (Wildman–Crippen MR) is 164 cm³/mol. The van der Waals surface area contributed by atoms with Crippen molar-refractivity contribution in [2.24, 2.45) is 11.0 Å². The number of benzene rings is 2. The largest absolute Gasteiger partial charge is 0.494 e. The van der Waals surface area contributed by atoms with E-state index < -0.39 is 0 Å². The van der Waals surface area contributed by atoms with Gasteiger partial charge in [-0.15, -0.1) is 0 Å². The van der Waals surface area contributed by atoms with Crippen molar-refractivity contribution >= 4 is 17.9 Å². The quantitative estimate of drug-likeness (QED) is 0.163. The van der Waals surface area contributed by atoms with Crippen LogP contribution in [0.1, 0.15) is 66.7 Å². The van der Waals surface area contributed by atoms with Gasteiger partial charge in [-0.2, -0.15) is 5.10 Å². The lowest BCUT2D eigenvalue weighted by atomic mass is 9.83. The molecule has 1 amide bonds. The number of piperidine rings is 1. The molecule has 218 valence electrons. The van der Waals surface area contributed by atoms with Crippen molar-refractivity contribution in [2.75, 3.05) is 19.7 Å². The van der Waals surface area contributed by atoms with Gasteiger partial charge >= 0.3 is 0 Å². The first kappa shape index (κ1) is 29.2. The maximum absolute atomic E-state index is 12.9. The summed E-state index contributed by atoms with van der Waals surface area (Å²) in [5, 5.41) is 4.21. The molecule has 3 heterocycles. The molecule has 0 saturated carbocycles. The van der Waals surface area contributed by atoms with Gasteiger partial charge in [-0.25, -0.2) is 5.43 Å². The van der Waals surface area contributed by atoms with Crippen molar-refractivity contribution < 1.29 is 14.3 Å². The van der Waals surface area contributed by atoms with Crippen LogP contribution in [0.15, 0.2) is 87.8 Å². The number of fused-ring (bicyclic) bond motifs is 4. The minimum Gasteiger partial charge on any atom is -0.494 e. The van der Waals surface area contributed by atoms with E-state index in [-0.39, 0.29) is 23.7 Å². The van der Waals surface area contributed by atoms with Crippen molar-refractivity contribution in [1.29, 1.82) is 0 Å². The van der Waals surface area contributed by atoms with Crippen LogP contribution >= 0.6 is 0 Å². The van der Waals surface area contributed by atoms with Crippen LogP contribution in [-0.2, 0) is 17.9 Å². The van der Waals surface area contributed by atoms with Gasteiger partial charge in [0.2, 0.25) is 0 Å². The summed E-state index contributed by atoms with van der Waals surface area (Å²) in [7, 11) is 0. The van der Waals surface area contributed by atoms with Gasteiger partial charge in [-0.05, 0) is 62.9 Å². The van der Waals surface area contributed by atoms with Crippen molar-refractivity contribution in [1.82, 2.24) is 14.9 Å². The average molecular weight is 567 g/mol. The minimum atomic E-state index is -0.388. The normalized spacial score (nSPS) is 17.9. The molecule has 1 N–H and O–H groups in total. The Morgan fingerprint density at radius 1 is 1.02 bits per heavy atom. The highest BCUT2D eigenvalue weighted by Gasteiger charge is 2.34. The molecular weight excluding hydrogens is 528 g/mol. The summed E-state index contributed by atoms with van der Waals surface area (Å²) < 4.78 is 7.90. The molecule has 2 aromatic carbocycles. The molecule has 8 nitrogen and oxygen atoms in total. The average Bonchev–Trinajstić information content (AvgIpc) is 2.98. The number of ether oxygens (including phenoxy) is 1. The molecule has 0 unspecified atom stereocenters. The van der Waals surface area contributed by atoms with Gasteiger partial charge in [0.1, 0.15) is 5.75 Å². The first-order chi connectivity index (χ1) is 20.3. The van der Waals surface area contributed by atoms with Crippen molar-refractivity contribution in [2.45, 2.75) is 52.6 Å². The van der Waals surface area contributed by atoms with Crippen LogP contribution in [0.3, 0.4) is 0 Å². The fourth-order valence-corrected chi connectivity index (χ4v) is 6.07. The van der Waals surface area contributed by atoms with Gasteiger partial charge in [-0.1, -0.05) is 42.0 Å². The molecular formula is C34H38N4O4. The lowest BCUT2D eigenvalue weighted by molar-refractivity contribution is -0.117. The Kier molecular flexibility index (Phi) is 9.12. The highest BCUT2D eigenvalue weighted by Crippen LogP contribution is 2.36. The van der Waals surface area contributed by atoms with Crippen LogP contribution in [0.2, 0.25) is 0 Å². The number of aromatic nitrogens is 1. The molecule has 2 bridgehead atoms. The first-order valence-electron chi connectivity index (χ1n) is 14.6. The van der Waals surface area contributed by atoms with E-state index in [4.69, 9.17) is 4.74 Å². The summed E-state index contributed by atoms with van der Waals surface area (Å²) in [6.45, 7) is 9.46. The lowest BCUT2D eigenvalue weighted by Crippen LogP contribution is -2.46. The van der Waals surface area contributed by atoms with E-state index in [9.17, 15) is 14.4 Å². The zero-order valence-corrected chi connectivity index (χ0v) is 24.5. The molecule has 3 aromatic rings. The second-order valence-electron chi connectivity index (χ2n) is 11.3. The number of hydrazone groups is 1. The fourth-order valence-electron chi connectivity index (χ4n) is 6.07. The number of allylic oxidation sites excluding steroid dienone is 1. The number of likely N-dealkylation sites (tertiary alicyclic amines) is 1. The third kappa shape index (κ3) is 6.77. The highest BCUT2D eigenvalue weighted by atomic mass is 16.5. The van der Waals surface area contributed by atoms with Gasteiger partial charge in [-0.3, -0.25) is 19.3 Å². The number of ketones is 1. The van der Waals surface area contributed by atoms with E-state index in [1.807, 2.05) is 67.8 Å². The second kappa shape index (κ2) is 13.1. The van der Waals surface area contributed by atoms with Crippen LogP contribution in [-0.4, -0.2) is 47.1 Å². The van der Waals surface area contributed by atoms with Crippen LogP contribution < -0.4 is 15.7 Å². The zero-order valence-electron chi connectivity index (χ0n) is 24.5. The van der Waals surface area contributed by atoms with Crippen molar-refractivity contribution in [3.05, 3.63) is 111 Å². The van der Waals surface area contributed by atoms with E-state index >= 15 is 0 Å². The number of Topliss-reactive ketones (excluding diaryl/α,β-unsaturated/α-hetero) is 1. The molecule has 2 aliphatic heterocycles. The number of hydrogen-bond acceptors (Lipinski definition) is 6. The third-order valence-corrected chi connectivity index (χ3v) is 8.02. The Labute approximate surface area is 246 Å². The lowest BCUT2D eigenvalue weighted by Gasteiger charge is -2.43. The third-order valence-electron chi connectivity index (χ3n) is 8.02. The van der Waals surface area contributed by atoms with E-state index in [0.29, 0.717) is 29.6 Å². The molecule has 2 atom stereocenters. The van der Waals surface area contributed by atoms with E-state index in [2.05, 4.69) is 21.5 Å². The van der Waals surface area contributed by atoms with Crippen LogP contribution in [0, 0.1) is 5.92 Å². The maximum atomic E-state index is 12.9. The smallest absolute Gasteiger partial charge is 0.267 e. The number of nitrogens with zero attached hydrogens (tertiary/aromatic N) is 3. The number of carbonyl (C=O) groups is 2. The van der Waals surface area contributed by atoms with Gasteiger partial charge in [0, 0.05) is 67.0 Å². The molecule has 5 rings (SSSR count). The number of carbonyl (C=O) groups excluding carboxylic acids is 2. The van der Waals surface area contributed by atoms with Gasteiger partial charge in [0.25, 0.3) is 11.5 Å². The van der Waals surface area contributed by atoms with Crippen LogP contribution in [0.4, 0.5) is 0 Å². The molecule has 1 aromatic heterocycles. The van der Waals surface area contributed by atoms with Gasteiger partial charge < -0.3 is 9.30 Å². The minimum absolute atomic E-state index is 0.0117. The molecule has 8 heteroatoms. The van der Waals surface area contributed by atoms with Gasteiger partial charge in [0.15, 0.2) is 5.78 Å². The number of amides is 1. The number of pyridine rings is 1. The molecule has 1 saturated heterocycles. The summed E-state index contributed by atoms with van der Waals surface area (Å²) in [6.07, 6.45) is 2.74. The highest BCUT2D eigenvalue weighted by molar-refractivity contribution is 6.05. The zero-order chi connectivity index (χ0) is 29.6. The standard InChI is InChI=1S/C34H38N4O4/c1-4-42-32-14-13-24(18-35-36-34(41)29(23(2)3)17-31(39)26-9-6-5-7-10-26)15-28(32)22-37-19-25-16-27(21-37)30-11-8-12-33(40)38(30)20-25/h5-15,18,25,27H,4,16-17,19-22H2,1-3H3,(H,36,41)/b35-18-/t25-,27+/m1/s1. The number of rotatable bonds is 10. The summed E-state index contributed by atoms with van der Waals surface area (Å²) in [4.78, 5) is 40.5. The van der Waals surface area contributed by atoms with E-state index in [0.717, 1.165) is 60.7 Å². The fraction of sp³-hybridized carbons (Fsp3) is 0.353. The molecule has 2 aliphatic rings. The first-order valence-corrected chi connectivity index (χ1v) is 14.6. The molecule has 0 spiro atoms. The molecule has 0 radical (unpaired) electrons.